The monoisotopic (exact) mass is 445 g/mol. The van der Waals surface area contributed by atoms with Crippen LogP contribution in [0.15, 0.2) is 35.5 Å². The molecule has 10 heteroatoms. The molecule has 3 N–H and O–H groups in total. The predicted molar refractivity (Wildman–Crippen MR) is 117 cm³/mol. The lowest BCUT2D eigenvalue weighted by Gasteiger charge is -2.37. The van der Waals surface area contributed by atoms with E-state index in [1.54, 1.807) is 30.6 Å². The minimum Gasteiger partial charge on any atom is -0.382 e. The summed E-state index contributed by atoms with van der Waals surface area (Å²) in [6.45, 7) is 7.23. The zero-order valence-electron chi connectivity index (χ0n) is 17.0. The number of sulfonamides is 1. The van der Waals surface area contributed by atoms with Crippen LogP contribution in [-0.2, 0) is 14.8 Å². The number of nitrogens with zero attached hydrogens (tertiary/aromatic N) is 3. The SMILES string of the molecule is Cc1ncc(-c2nc(-c3cc(S(=O)(=O)NCC4(C)COC4)ccc3C)cnc2N)s1. The number of aromatic nitrogens is 3. The third kappa shape index (κ3) is 4.08. The Labute approximate surface area is 179 Å². The van der Waals surface area contributed by atoms with Crippen molar-refractivity contribution in [3.8, 4) is 21.8 Å². The highest BCUT2D eigenvalue weighted by atomic mass is 32.2. The Morgan fingerprint density at radius 1 is 1.23 bits per heavy atom. The second-order valence-corrected chi connectivity index (χ2v) is 10.8. The van der Waals surface area contributed by atoms with Gasteiger partial charge < -0.3 is 10.5 Å². The van der Waals surface area contributed by atoms with E-state index in [2.05, 4.69) is 19.7 Å². The van der Waals surface area contributed by atoms with Crippen molar-refractivity contribution in [2.75, 3.05) is 25.5 Å². The van der Waals surface area contributed by atoms with Gasteiger partial charge in [-0.25, -0.2) is 28.1 Å². The van der Waals surface area contributed by atoms with Crippen LogP contribution in [0.1, 0.15) is 17.5 Å². The molecule has 3 heterocycles. The first kappa shape index (κ1) is 20.9. The normalized spacial score (nSPS) is 15.7. The lowest BCUT2D eigenvalue weighted by molar-refractivity contribution is -0.0965. The molecule has 0 atom stereocenters. The van der Waals surface area contributed by atoms with Crippen molar-refractivity contribution in [1.29, 1.82) is 0 Å². The minimum atomic E-state index is -3.67. The van der Waals surface area contributed by atoms with E-state index in [0.717, 1.165) is 15.4 Å². The Hall–Kier alpha value is -2.40. The molecule has 0 spiro atoms. The number of nitrogens with two attached hydrogens (primary N) is 1. The van der Waals surface area contributed by atoms with Gasteiger partial charge in [-0.15, -0.1) is 11.3 Å². The topological polar surface area (TPSA) is 120 Å². The van der Waals surface area contributed by atoms with Crippen LogP contribution in [0, 0.1) is 19.3 Å². The van der Waals surface area contributed by atoms with Crippen LogP contribution < -0.4 is 10.5 Å². The molecule has 0 amide bonds. The molecule has 1 saturated heterocycles. The quantitative estimate of drug-likeness (QED) is 0.598. The molecule has 158 valence electrons. The van der Waals surface area contributed by atoms with Gasteiger partial charge in [-0.1, -0.05) is 13.0 Å². The highest BCUT2D eigenvalue weighted by molar-refractivity contribution is 7.89. The van der Waals surface area contributed by atoms with Gasteiger partial charge in [0.2, 0.25) is 10.0 Å². The van der Waals surface area contributed by atoms with E-state index in [0.29, 0.717) is 42.5 Å². The zero-order chi connectivity index (χ0) is 21.5. The molecule has 4 rings (SSSR count). The van der Waals surface area contributed by atoms with Crippen LogP contribution in [0.4, 0.5) is 5.82 Å². The molecule has 30 heavy (non-hydrogen) atoms. The summed E-state index contributed by atoms with van der Waals surface area (Å²) in [5, 5.41) is 0.900. The van der Waals surface area contributed by atoms with Crippen molar-refractivity contribution in [2.24, 2.45) is 5.41 Å². The van der Waals surface area contributed by atoms with Crippen LogP contribution in [0.5, 0.6) is 0 Å². The van der Waals surface area contributed by atoms with Gasteiger partial charge in [0.15, 0.2) is 5.82 Å². The summed E-state index contributed by atoms with van der Waals surface area (Å²) in [6, 6.07) is 4.99. The van der Waals surface area contributed by atoms with Gasteiger partial charge in [0, 0.05) is 23.7 Å². The summed E-state index contributed by atoms with van der Waals surface area (Å²) in [5.41, 5.74) is 8.54. The maximum Gasteiger partial charge on any atom is 0.240 e. The number of aryl methyl sites for hydroxylation is 2. The average Bonchev–Trinajstić information content (AvgIpc) is 3.12. The van der Waals surface area contributed by atoms with E-state index in [-0.39, 0.29) is 10.3 Å². The Kier molecular flexibility index (Phi) is 5.35. The maximum atomic E-state index is 12.8. The van der Waals surface area contributed by atoms with Crippen molar-refractivity contribution < 1.29 is 13.2 Å². The molecule has 2 aromatic heterocycles. The molecule has 1 fully saturated rings. The summed E-state index contributed by atoms with van der Waals surface area (Å²) >= 11 is 1.48. The Bertz CT molecular complexity index is 1200. The molecule has 0 unspecified atom stereocenters. The molecule has 0 aliphatic carbocycles. The van der Waals surface area contributed by atoms with Crippen LogP contribution >= 0.6 is 11.3 Å². The summed E-state index contributed by atoms with van der Waals surface area (Å²) in [5.74, 6) is 0.307. The molecule has 1 aliphatic heterocycles. The van der Waals surface area contributed by atoms with Crippen molar-refractivity contribution >= 4 is 27.2 Å². The first-order valence-electron chi connectivity index (χ1n) is 9.41. The first-order chi connectivity index (χ1) is 14.2. The highest BCUT2D eigenvalue weighted by Gasteiger charge is 2.34. The Morgan fingerprint density at radius 2 is 2.00 bits per heavy atom. The third-order valence-electron chi connectivity index (χ3n) is 5.04. The van der Waals surface area contributed by atoms with Gasteiger partial charge in [0.25, 0.3) is 0 Å². The lowest BCUT2D eigenvalue weighted by atomic mass is 9.89. The second kappa shape index (κ2) is 7.69. The number of nitrogens with one attached hydrogen (secondary N) is 1. The predicted octanol–water partition coefficient (Wildman–Crippen LogP) is 2.78. The van der Waals surface area contributed by atoms with E-state index in [1.807, 2.05) is 20.8 Å². The van der Waals surface area contributed by atoms with Crippen molar-refractivity contribution in [1.82, 2.24) is 19.7 Å². The fourth-order valence-electron chi connectivity index (χ4n) is 3.13. The number of thiazole rings is 1. The Balaban J connectivity index is 1.68. The molecule has 0 bridgehead atoms. The average molecular weight is 446 g/mol. The minimum absolute atomic E-state index is 0.162. The van der Waals surface area contributed by atoms with Crippen molar-refractivity contribution in [3.05, 3.63) is 41.2 Å². The molecule has 1 aromatic carbocycles. The van der Waals surface area contributed by atoms with Crippen LogP contribution in [-0.4, -0.2) is 43.1 Å². The number of anilines is 1. The zero-order valence-corrected chi connectivity index (χ0v) is 18.6. The van der Waals surface area contributed by atoms with Crippen LogP contribution in [0.3, 0.4) is 0 Å². The largest absolute Gasteiger partial charge is 0.382 e. The fourth-order valence-corrected chi connectivity index (χ4v) is 5.13. The van der Waals surface area contributed by atoms with Gasteiger partial charge in [0.05, 0.1) is 39.9 Å². The fraction of sp³-hybridized carbons (Fsp3) is 0.350. The molecule has 3 aromatic rings. The maximum absolute atomic E-state index is 12.8. The summed E-state index contributed by atoms with van der Waals surface area (Å²) in [6.07, 6.45) is 3.28. The van der Waals surface area contributed by atoms with Crippen molar-refractivity contribution in [2.45, 2.75) is 25.7 Å². The third-order valence-corrected chi connectivity index (χ3v) is 7.36. The highest BCUT2D eigenvalue weighted by Crippen LogP contribution is 2.32. The van der Waals surface area contributed by atoms with Gasteiger partial charge >= 0.3 is 0 Å². The molecular weight excluding hydrogens is 422 g/mol. The molecule has 8 nitrogen and oxygen atoms in total. The number of hydrogen-bond acceptors (Lipinski definition) is 8. The van der Waals surface area contributed by atoms with E-state index >= 15 is 0 Å². The molecular formula is C20H23N5O3S2. The Morgan fingerprint density at radius 3 is 2.63 bits per heavy atom. The van der Waals surface area contributed by atoms with Crippen LogP contribution in [0.2, 0.25) is 0 Å². The number of ether oxygens (including phenoxy) is 1. The summed E-state index contributed by atoms with van der Waals surface area (Å²) < 4.78 is 33.6. The van der Waals surface area contributed by atoms with Gasteiger partial charge in [-0.05, 0) is 31.5 Å². The van der Waals surface area contributed by atoms with Gasteiger partial charge in [-0.2, -0.15) is 0 Å². The molecule has 0 radical (unpaired) electrons. The summed E-state index contributed by atoms with van der Waals surface area (Å²) in [7, 11) is -3.67. The van der Waals surface area contributed by atoms with E-state index < -0.39 is 10.0 Å². The summed E-state index contributed by atoms with van der Waals surface area (Å²) in [4.78, 5) is 14.2. The number of benzene rings is 1. The van der Waals surface area contributed by atoms with Gasteiger partial charge in [-0.3, -0.25) is 0 Å². The van der Waals surface area contributed by atoms with E-state index in [1.165, 1.54) is 11.3 Å². The molecule has 1 aliphatic rings. The van der Waals surface area contributed by atoms with Gasteiger partial charge in [0.1, 0.15) is 5.69 Å². The number of hydrogen-bond donors (Lipinski definition) is 2. The number of rotatable bonds is 6. The van der Waals surface area contributed by atoms with E-state index in [9.17, 15) is 8.42 Å². The number of nitrogen functional groups attached to an aromatic ring is 1. The molecule has 0 saturated carbocycles. The standard InChI is InChI=1S/C20H23N5O3S2/c1-12-4-5-14(30(26,27)24-9-20(3)10-28-11-20)6-15(12)16-7-23-19(21)18(25-16)17-8-22-13(2)29-17/h4-8,24H,9-11H2,1-3H3,(H2,21,23). The van der Waals surface area contributed by atoms with E-state index in [4.69, 9.17) is 10.5 Å². The smallest absolute Gasteiger partial charge is 0.240 e. The van der Waals surface area contributed by atoms with Crippen LogP contribution in [0.25, 0.3) is 21.8 Å². The second-order valence-electron chi connectivity index (χ2n) is 7.84. The van der Waals surface area contributed by atoms with Crippen molar-refractivity contribution in [3.63, 3.8) is 0 Å². The first-order valence-corrected chi connectivity index (χ1v) is 11.7. The lowest BCUT2D eigenvalue weighted by Crippen LogP contribution is -2.48.